The second-order valence-corrected chi connectivity index (χ2v) is 4.36. The van der Waals surface area contributed by atoms with Crippen LogP contribution < -0.4 is 5.73 Å². The van der Waals surface area contributed by atoms with Gasteiger partial charge < -0.3 is 10.6 Å². The van der Waals surface area contributed by atoms with Gasteiger partial charge in [-0.2, -0.15) is 0 Å². The van der Waals surface area contributed by atoms with Crippen molar-refractivity contribution in [3.8, 4) is 11.8 Å². The molecule has 1 atom stereocenters. The fourth-order valence-electron chi connectivity index (χ4n) is 1.70. The number of rotatable bonds is 6. The van der Waals surface area contributed by atoms with Crippen LogP contribution in [-0.4, -0.2) is 30.3 Å². The molecule has 0 aliphatic rings. The van der Waals surface area contributed by atoms with Crippen molar-refractivity contribution < 1.29 is 4.79 Å². The van der Waals surface area contributed by atoms with Crippen LogP contribution in [0.2, 0.25) is 0 Å². The van der Waals surface area contributed by atoms with Crippen molar-refractivity contribution in [3.05, 3.63) is 35.9 Å². The van der Waals surface area contributed by atoms with Crippen LogP contribution >= 0.6 is 0 Å². The molecule has 0 radical (unpaired) electrons. The predicted octanol–water partition coefficient (Wildman–Crippen LogP) is 1.43. The van der Waals surface area contributed by atoms with Gasteiger partial charge in [0.25, 0.3) is 0 Å². The van der Waals surface area contributed by atoms with Gasteiger partial charge in [-0.05, 0) is 19.5 Å². The van der Waals surface area contributed by atoms with Crippen molar-refractivity contribution in [2.75, 3.05) is 13.6 Å². The molecule has 0 aliphatic carbocycles. The number of carbonyl (C=O) groups is 1. The minimum absolute atomic E-state index is 0.00395. The van der Waals surface area contributed by atoms with Gasteiger partial charge in [0.1, 0.15) is 0 Å². The van der Waals surface area contributed by atoms with E-state index >= 15 is 0 Å². The summed E-state index contributed by atoms with van der Waals surface area (Å²) in [5.74, 6) is 5.46. The Morgan fingerprint density at radius 3 is 2.67 bits per heavy atom. The van der Waals surface area contributed by atoms with E-state index in [2.05, 4.69) is 28.9 Å². The maximum Gasteiger partial charge on any atom is 0.162 e. The predicted molar refractivity (Wildman–Crippen MR) is 73.8 cm³/mol. The van der Waals surface area contributed by atoms with Crippen LogP contribution in [0.1, 0.15) is 18.9 Å². The maximum atomic E-state index is 11.6. The molecule has 0 fully saturated rings. The van der Waals surface area contributed by atoms with Crippen molar-refractivity contribution in [1.82, 2.24) is 4.90 Å². The highest BCUT2D eigenvalue weighted by atomic mass is 16.1. The Hall–Kier alpha value is -1.63. The Bertz CT molecular complexity index is 431. The number of Topliss-reactive ketones (excluding diaryl/α,β-unsaturated/α-hetero) is 1. The molecule has 0 bridgehead atoms. The van der Waals surface area contributed by atoms with E-state index in [0.29, 0.717) is 6.54 Å². The molecule has 0 amide bonds. The number of ketones is 1. The number of carbonyl (C=O) groups excluding carboxylic acids is 1. The van der Waals surface area contributed by atoms with Gasteiger partial charge >= 0.3 is 0 Å². The van der Waals surface area contributed by atoms with Crippen LogP contribution in [0.3, 0.4) is 0 Å². The van der Waals surface area contributed by atoms with Crippen LogP contribution in [0.25, 0.3) is 0 Å². The first-order valence-electron chi connectivity index (χ1n) is 6.04. The Kier molecular flexibility index (Phi) is 6.13. The summed E-state index contributed by atoms with van der Waals surface area (Å²) in [6, 6.07) is 9.66. The molecule has 1 aromatic rings. The number of benzene rings is 1. The molecule has 0 saturated carbocycles. The average molecular weight is 244 g/mol. The minimum Gasteiger partial charge on any atom is -0.320 e. The smallest absolute Gasteiger partial charge is 0.162 e. The lowest BCUT2D eigenvalue weighted by Crippen LogP contribution is -2.40. The molecule has 1 aromatic carbocycles. The van der Waals surface area contributed by atoms with Crippen molar-refractivity contribution in [2.45, 2.75) is 25.9 Å². The molecule has 1 rings (SSSR count). The first-order valence-corrected chi connectivity index (χ1v) is 6.04. The molecule has 0 saturated heterocycles. The van der Waals surface area contributed by atoms with Crippen LogP contribution in [0.15, 0.2) is 30.3 Å². The number of nitrogens with zero attached hydrogens (tertiary/aromatic N) is 1. The quantitative estimate of drug-likeness (QED) is 0.770. The Labute approximate surface area is 109 Å². The SMILES string of the molecule is CC#CCC(=O)C(N)CN(C)Cc1ccccc1. The third-order valence-electron chi connectivity index (χ3n) is 2.66. The maximum absolute atomic E-state index is 11.6. The molecule has 96 valence electrons. The van der Waals surface area contributed by atoms with Gasteiger partial charge in [-0.3, -0.25) is 4.79 Å². The van der Waals surface area contributed by atoms with Crippen LogP contribution in [0.4, 0.5) is 0 Å². The third-order valence-corrected chi connectivity index (χ3v) is 2.66. The summed E-state index contributed by atoms with van der Waals surface area (Å²) in [6.45, 7) is 3.07. The molecule has 2 N–H and O–H groups in total. The molecule has 0 heterocycles. The average Bonchev–Trinajstić information content (AvgIpc) is 2.36. The van der Waals surface area contributed by atoms with Crippen molar-refractivity contribution in [3.63, 3.8) is 0 Å². The Morgan fingerprint density at radius 1 is 1.39 bits per heavy atom. The lowest BCUT2D eigenvalue weighted by atomic mass is 10.1. The molecule has 3 heteroatoms. The fourth-order valence-corrected chi connectivity index (χ4v) is 1.70. The fraction of sp³-hybridized carbons (Fsp3) is 0.400. The molecule has 0 spiro atoms. The molecule has 0 aliphatic heterocycles. The Balaban J connectivity index is 2.41. The summed E-state index contributed by atoms with van der Waals surface area (Å²) in [4.78, 5) is 13.7. The molecule has 0 aromatic heterocycles. The zero-order valence-corrected chi connectivity index (χ0v) is 11.0. The van der Waals surface area contributed by atoms with Gasteiger partial charge in [-0.25, -0.2) is 0 Å². The zero-order chi connectivity index (χ0) is 13.4. The number of likely N-dealkylation sites (N-methyl/N-ethyl adjacent to an activating group) is 1. The third kappa shape index (κ3) is 5.13. The highest BCUT2D eigenvalue weighted by Gasteiger charge is 2.14. The number of hydrogen-bond donors (Lipinski definition) is 1. The zero-order valence-electron chi connectivity index (χ0n) is 11.0. The van der Waals surface area contributed by atoms with E-state index in [-0.39, 0.29) is 12.2 Å². The first-order chi connectivity index (χ1) is 8.63. The van der Waals surface area contributed by atoms with E-state index < -0.39 is 6.04 Å². The molecular formula is C15H20N2O. The van der Waals surface area contributed by atoms with Gasteiger partial charge in [-0.15, -0.1) is 5.92 Å². The summed E-state index contributed by atoms with van der Waals surface area (Å²) >= 11 is 0. The highest BCUT2D eigenvalue weighted by Crippen LogP contribution is 2.03. The van der Waals surface area contributed by atoms with Gasteiger partial charge in [0.2, 0.25) is 0 Å². The van der Waals surface area contributed by atoms with Crippen molar-refractivity contribution in [2.24, 2.45) is 5.73 Å². The van der Waals surface area contributed by atoms with E-state index in [1.54, 1.807) is 6.92 Å². The van der Waals surface area contributed by atoms with Gasteiger partial charge in [0.05, 0.1) is 12.5 Å². The van der Waals surface area contributed by atoms with E-state index in [1.165, 1.54) is 5.56 Å². The second-order valence-electron chi connectivity index (χ2n) is 4.36. The van der Waals surface area contributed by atoms with E-state index in [4.69, 9.17) is 5.73 Å². The van der Waals surface area contributed by atoms with Gasteiger partial charge in [-0.1, -0.05) is 36.3 Å². The Morgan fingerprint density at radius 2 is 2.06 bits per heavy atom. The second kappa shape index (κ2) is 7.65. The number of hydrogen-bond acceptors (Lipinski definition) is 3. The molecule has 1 unspecified atom stereocenters. The molecule has 18 heavy (non-hydrogen) atoms. The topological polar surface area (TPSA) is 46.3 Å². The highest BCUT2D eigenvalue weighted by molar-refractivity contribution is 5.86. The normalized spacial score (nSPS) is 11.8. The van der Waals surface area contributed by atoms with Crippen LogP contribution in [0.5, 0.6) is 0 Å². The van der Waals surface area contributed by atoms with Gasteiger partial charge in [0.15, 0.2) is 5.78 Å². The van der Waals surface area contributed by atoms with E-state index in [1.807, 2.05) is 25.2 Å². The lowest BCUT2D eigenvalue weighted by molar-refractivity contribution is -0.119. The van der Waals surface area contributed by atoms with Crippen LogP contribution in [-0.2, 0) is 11.3 Å². The van der Waals surface area contributed by atoms with E-state index in [0.717, 1.165) is 6.54 Å². The summed E-state index contributed by atoms with van der Waals surface area (Å²) in [5.41, 5.74) is 7.07. The number of nitrogens with two attached hydrogens (primary N) is 1. The summed E-state index contributed by atoms with van der Waals surface area (Å²) in [6.07, 6.45) is 0.247. The lowest BCUT2D eigenvalue weighted by Gasteiger charge is -2.20. The summed E-state index contributed by atoms with van der Waals surface area (Å²) in [5, 5.41) is 0. The van der Waals surface area contributed by atoms with Gasteiger partial charge in [0, 0.05) is 13.1 Å². The monoisotopic (exact) mass is 244 g/mol. The molecule has 3 nitrogen and oxygen atoms in total. The van der Waals surface area contributed by atoms with Crippen molar-refractivity contribution in [1.29, 1.82) is 0 Å². The first kappa shape index (κ1) is 14.4. The van der Waals surface area contributed by atoms with E-state index in [9.17, 15) is 4.79 Å². The molecular weight excluding hydrogens is 224 g/mol. The summed E-state index contributed by atoms with van der Waals surface area (Å²) in [7, 11) is 1.96. The minimum atomic E-state index is -0.459. The largest absolute Gasteiger partial charge is 0.320 e. The van der Waals surface area contributed by atoms with Crippen molar-refractivity contribution >= 4 is 5.78 Å². The van der Waals surface area contributed by atoms with Crippen LogP contribution in [0, 0.1) is 11.8 Å². The standard InChI is InChI=1S/C15H20N2O/c1-3-4-10-15(18)14(16)12-17(2)11-13-8-6-5-7-9-13/h5-9,14H,10-12,16H2,1-2H3. The summed E-state index contributed by atoms with van der Waals surface area (Å²) < 4.78 is 0.